The van der Waals surface area contributed by atoms with Crippen LogP contribution in [0.3, 0.4) is 0 Å². The average Bonchev–Trinajstić information content (AvgIpc) is 2.45. The predicted octanol–water partition coefficient (Wildman–Crippen LogP) is 2.99. The summed E-state index contributed by atoms with van der Waals surface area (Å²) >= 11 is 7.54. The van der Waals surface area contributed by atoms with Crippen LogP contribution in [-0.2, 0) is 9.47 Å². The summed E-state index contributed by atoms with van der Waals surface area (Å²) in [5.74, 6) is 0.591. The molecule has 0 aliphatic carbocycles. The van der Waals surface area contributed by atoms with Crippen LogP contribution in [0.1, 0.15) is 12.8 Å². The lowest BCUT2D eigenvalue weighted by Gasteiger charge is -2.39. The molecule has 1 aliphatic rings. The Morgan fingerprint density at radius 2 is 2.21 bits per heavy atom. The highest BCUT2D eigenvalue weighted by molar-refractivity contribution is 7.99. The van der Waals surface area contributed by atoms with Gasteiger partial charge in [-0.25, -0.2) is 0 Å². The van der Waals surface area contributed by atoms with Gasteiger partial charge in [0, 0.05) is 48.8 Å². The fourth-order valence-electron chi connectivity index (χ4n) is 2.27. The molecule has 1 aromatic rings. The average molecular weight is 303 g/mol. The largest absolute Gasteiger partial charge is 0.389 e. The Hall–Kier alpha value is -0.260. The molecular formula is C14H19ClO3S. The van der Waals surface area contributed by atoms with Gasteiger partial charge in [0.2, 0.25) is 0 Å². The molecule has 1 aromatic carbocycles. The number of hydrogen-bond acceptors (Lipinski definition) is 4. The highest BCUT2D eigenvalue weighted by Gasteiger charge is 2.39. The SMILES string of the molecule is COC1(C(O)CSc2cccc(Cl)c2)CCOCC1. The molecule has 1 saturated heterocycles. The van der Waals surface area contributed by atoms with Gasteiger partial charge in [-0.3, -0.25) is 0 Å². The molecule has 3 nitrogen and oxygen atoms in total. The summed E-state index contributed by atoms with van der Waals surface area (Å²) in [6.45, 7) is 1.29. The summed E-state index contributed by atoms with van der Waals surface area (Å²) in [6, 6.07) is 7.66. The fourth-order valence-corrected chi connectivity index (χ4v) is 3.57. The number of rotatable bonds is 5. The Labute approximate surface area is 123 Å². The van der Waals surface area contributed by atoms with Crippen LogP contribution in [0.4, 0.5) is 0 Å². The van der Waals surface area contributed by atoms with Crippen molar-refractivity contribution in [3.8, 4) is 0 Å². The summed E-state index contributed by atoms with van der Waals surface area (Å²) in [6.07, 6.45) is 0.965. The monoisotopic (exact) mass is 302 g/mol. The molecule has 1 fully saturated rings. The van der Waals surface area contributed by atoms with Crippen molar-refractivity contribution in [2.45, 2.75) is 29.4 Å². The molecule has 0 saturated carbocycles. The van der Waals surface area contributed by atoms with E-state index in [2.05, 4.69) is 0 Å². The van der Waals surface area contributed by atoms with E-state index in [1.165, 1.54) is 0 Å². The van der Waals surface area contributed by atoms with E-state index in [4.69, 9.17) is 21.1 Å². The van der Waals surface area contributed by atoms with Crippen LogP contribution in [0.15, 0.2) is 29.2 Å². The van der Waals surface area contributed by atoms with Gasteiger partial charge < -0.3 is 14.6 Å². The molecule has 1 atom stereocenters. The second kappa shape index (κ2) is 6.95. The maximum absolute atomic E-state index is 10.4. The summed E-state index contributed by atoms with van der Waals surface area (Å²) in [4.78, 5) is 1.06. The summed E-state index contributed by atoms with van der Waals surface area (Å²) in [5, 5.41) is 11.1. The van der Waals surface area contributed by atoms with Crippen LogP contribution in [0, 0.1) is 0 Å². The quantitative estimate of drug-likeness (QED) is 0.849. The molecule has 5 heteroatoms. The van der Waals surface area contributed by atoms with Crippen LogP contribution < -0.4 is 0 Å². The first-order valence-corrected chi connectivity index (χ1v) is 7.72. The smallest absolute Gasteiger partial charge is 0.0988 e. The number of methoxy groups -OCH3 is 1. The van der Waals surface area contributed by atoms with E-state index in [1.54, 1.807) is 18.9 Å². The highest BCUT2D eigenvalue weighted by atomic mass is 35.5. The van der Waals surface area contributed by atoms with Crippen molar-refractivity contribution in [3.63, 3.8) is 0 Å². The van der Waals surface area contributed by atoms with Crippen molar-refractivity contribution in [1.82, 2.24) is 0 Å². The maximum Gasteiger partial charge on any atom is 0.0988 e. The van der Waals surface area contributed by atoms with Gasteiger partial charge in [0.15, 0.2) is 0 Å². The minimum atomic E-state index is -0.509. The van der Waals surface area contributed by atoms with Gasteiger partial charge >= 0.3 is 0 Å². The molecule has 1 N–H and O–H groups in total. The fraction of sp³-hybridized carbons (Fsp3) is 0.571. The Kier molecular flexibility index (Phi) is 5.54. The van der Waals surface area contributed by atoms with Gasteiger partial charge in [0.25, 0.3) is 0 Å². The summed E-state index contributed by atoms with van der Waals surface area (Å²) in [7, 11) is 1.67. The first-order valence-electron chi connectivity index (χ1n) is 6.36. The lowest BCUT2D eigenvalue weighted by Crippen LogP contribution is -2.49. The molecule has 19 heavy (non-hydrogen) atoms. The minimum Gasteiger partial charge on any atom is -0.389 e. The van der Waals surface area contributed by atoms with Crippen molar-refractivity contribution in [3.05, 3.63) is 29.3 Å². The van der Waals surface area contributed by atoms with Crippen molar-refractivity contribution in [1.29, 1.82) is 0 Å². The highest BCUT2D eigenvalue weighted by Crippen LogP contribution is 2.32. The first-order chi connectivity index (χ1) is 9.16. The number of aliphatic hydroxyl groups excluding tert-OH is 1. The van der Waals surface area contributed by atoms with Crippen molar-refractivity contribution < 1.29 is 14.6 Å². The Morgan fingerprint density at radius 1 is 1.47 bits per heavy atom. The van der Waals surface area contributed by atoms with Gasteiger partial charge in [-0.15, -0.1) is 11.8 Å². The van der Waals surface area contributed by atoms with Crippen LogP contribution in [0.25, 0.3) is 0 Å². The molecule has 0 spiro atoms. The summed E-state index contributed by atoms with van der Waals surface area (Å²) < 4.78 is 10.9. The van der Waals surface area contributed by atoms with Crippen molar-refractivity contribution in [2.24, 2.45) is 0 Å². The zero-order valence-electron chi connectivity index (χ0n) is 11.0. The van der Waals surface area contributed by atoms with E-state index in [0.717, 1.165) is 17.7 Å². The normalized spacial score (nSPS) is 20.2. The zero-order chi connectivity index (χ0) is 13.7. The Balaban J connectivity index is 1.94. The van der Waals surface area contributed by atoms with E-state index < -0.39 is 11.7 Å². The van der Waals surface area contributed by atoms with Crippen LogP contribution in [0.5, 0.6) is 0 Å². The molecule has 0 bridgehead atoms. The summed E-state index contributed by atoms with van der Waals surface area (Å²) in [5.41, 5.74) is -0.468. The van der Waals surface area contributed by atoms with Gasteiger partial charge in [0.05, 0.1) is 11.7 Å². The second-order valence-electron chi connectivity index (χ2n) is 4.67. The number of thioether (sulfide) groups is 1. The molecule has 0 aromatic heterocycles. The standard InChI is InChI=1S/C14H19ClO3S/c1-17-14(5-7-18-8-6-14)13(16)10-19-12-4-2-3-11(15)9-12/h2-4,9,13,16H,5-8,10H2,1H3. The van der Waals surface area contributed by atoms with Gasteiger partial charge in [0.1, 0.15) is 0 Å². The molecule has 1 heterocycles. The number of aliphatic hydroxyl groups is 1. The molecule has 0 radical (unpaired) electrons. The topological polar surface area (TPSA) is 38.7 Å². The van der Waals surface area contributed by atoms with E-state index in [0.29, 0.717) is 24.0 Å². The van der Waals surface area contributed by atoms with Crippen LogP contribution >= 0.6 is 23.4 Å². The number of hydrogen-bond donors (Lipinski definition) is 1. The van der Waals surface area contributed by atoms with E-state index in [9.17, 15) is 5.11 Å². The van der Waals surface area contributed by atoms with Gasteiger partial charge in [-0.05, 0) is 18.2 Å². The lowest BCUT2D eigenvalue weighted by molar-refractivity contribution is -0.145. The minimum absolute atomic E-state index is 0.468. The third-order valence-corrected chi connectivity index (χ3v) is 4.86. The van der Waals surface area contributed by atoms with Gasteiger partial charge in [-0.2, -0.15) is 0 Å². The van der Waals surface area contributed by atoms with Crippen molar-refractivity contribution >= 4 is 23.4 Å². The number of benzene rings is 1. The van der Waals surface area contributed by atoms with Crippen LogP contribution in [-0.4, -0.2) is 42.9 Å². The van der Waals surface area contributed by atoms with E-state index in [-0.39, 0.29) is 0 Å². The molecule has 2 rings (SSSR count). The molecule has 106 valence electrons. The molecule has 0 amide bonds. The third-order valence-electron chi connectivity index (χ3n) is 3.56. The van der Waals surface area contributed by atoms with Crippen molar-refractivity contribution in [2.75, 3.05) is 26.1 Å². The lowest BCUT2D eigenvalue weighted by atomic mass is 9.89. The molecule has 1 aliphatic heterocycles. The number of ether oxygens (including phenoxy) is 2. The van der Waals surface area contributed by atoms with Crippen LogP contribution in [0.2, 0.25) is 5.02 Å². The maximum atomic E-state index is 10.4. The van der Waals surface area contributed by atoms with E-state index >= 15 is 0 Å². The molecule has 1 unspecified atom stereocenters. The Morgan fingerprint density at radius 3 is 2.84 bits per heavy atom. The molecular weight excluding hydrogens is 284 g/mol. The predicted molar refractivity (Wildman–Crippen MR) is 78.0 cm³/mol. The third kappa shape index (κ3) is 3.86. The number of halogens is 1. The van der Waals surface area contributed by atoms with E-state index in [1.807, 2.05) is 24.3 Å². The second-order valence-corrected chi connectivity index (χ2v) is 6.20. The Bertz CT molecular complexity index is 407. The zero-order valence-corrected chi connectivity index (χ0v) is 12.5. The van der Waals surface area contributed by atoms with Gasteiger partial charge in [-0.1, -0.05) is 17.7 Å². The first kappa shape index (κ1) is 15.1.